The van der Waals surface area contributed by atoms with Gasteiger partial charge in [0.05, 0.1) is 32.9 Å². The summed E-state index contributed by atoms with van der Waals surface area (Å²) >= 11 is 2.28. The molecule has 2 aromatic carbocycles. The lowest BCUT2D eigenvalue weighted by Crippen LogP contribution is -2.15. The molecule has 0 amide bonds. The largest absolute Gasteiger partial charge is 0.496 e. The molecule has 2 rings (SSSR count). The van der Waals surface area contributed by atoms with Gasteiger partial charge in [0, 0.05) is 15.7 Å². The summed E-state index contributed by atoms with van der Waals surface area (Å²) in [6.07, 6.45) is 0. The second kappa shape index (κ2) is 7.00. The zero-order valence-corrected chi connectivity index (χ0v) is 14.4. The molecule has 0 bridgehead atoms. The Morgan fingerprint density at radius 2 is 1.52 bits per heavy atom. The molecule has 4 nitrogen and oxygen atoms in total. The van der Waals surface area contributed by atoms with Crippen molar-refractivity contribution in [3.05, 3.63) is 51.1 Å². The maximum Gasteiger partial charge on any atom is 0.131 e. The molecule has 2 aromatic rings. The molecule has 1 unspecified atom stereocenters. The van der Waals surface area contributed by atoms with Crippen molar-refractivity contribution < 1.29 is 14.2 Å². The first kappa shape index (κ1) is 15.9. The average molecular weight is 399 g/mol. The van der Waals surface area contributed by atoms with E-state index >= 15 is 0 Å². The molecule has 0 aliphatic rings. The molecular weight excluding hydrogens is 381 g/mol. The van der Waals surface area contributed by atoms with Gasteiger partial charge in [-0.15, -0.1) is 0 Å². The second-order valence-corrected chi connectivity index (χ2v) is 5.61. The average Bonchev–Trinajstić information content (AvgIpc) is 2.53. The number of hydrogen-bond acceptors (Lipinski definition) is 4. The van der Waals surface area contributed by atoms with Gasteiger partial charge < -0.3 is 19.9 Å². The predicted octanol–water partition coefficient (Wildman–Crippen LogP) is 3.37. The molecule has 0 fully saturated rings. The number of benzene rings is 2. The molecule has 5 heteroatoms. The van der Waals surface area contributed by atoms with Crippen LogP contribution in [0.2, 0.25) is 0 Å². The summed E-state index contributed by atoms with van der Waals surface area (Å²) in [7, 11) is 4.83. The highest BCUT2D eigenvalue weighted by Crippen LogP contribution is 2.40. The third kappa shape index (κ3) is 3.24. The number of ether oxygens (including phenoxy) is 3. The normalized spacial score (nSPS) is 11.9. The summed E-state index contributed by atoms with van der Waals surface area (Å²) in [6.45, 7) is 0. The van der Waals surface area contributed by atoms with Crippen molar-refractivity contribution in [2.24, 2.45) is 5.73 Å². The Balaban J connectivity index is 2.59. The number of halogens is 1. The number of nitrogens with two attached hydrogens (primary N) is 1. The fourth-order valence-electron chi connectivity index (χ4n) is 2.22. The molecule has 2 N–H and O–H groups in total. The van der Waals surface area contributed by atoms with E-state index in [2.05, 4.69) is 22.6 Å². The molecule has 1 atom stereocenters. The highest BCUT2D eigenvalue weighted by atomic mass is 127. The van der Waals surface area contributed by atoms with Crippen molar-refractivity contribution in [1.29, 1.82) is 0 Å². The van der Waals surface area contributed by atoms with E-state index < -0.39 is 0 Å². The van der Waals surface area contributed by atoms with E-state index in [0.29, 0.717) is 17.2 Å². The van der Waals surface area contributed by atoms with Crippen molar-refractivity contribution in [2.75, 3.05) is 21.3 Å². The van der Waals surface area contributed by atoms with Gasteiger partial charge in [-0.2, -0.15) is 0 Å². The quantitative estimate of drug-likeness (QED) is 0.784. The van der Waals surface area contributed by atoms with Gasteiger partial charge >= 0.3 is 0 Å². The van der Waals surface area contributed by atoms with Crippen LogP contribution in [0.1, 0.15) is 17.2 Å². The van der Waals surface area contributed by atoms with Crippen molar-refractivity contribution in [3.63, 3.8) is 0 Å². The molecule has 0 heterocycles. The summed E-state index contributed by atoms with van der Waals surface area (Å²) in [5.41, 5.74) is 8.29. The van der Waals surface area contributed by atoms with Crippen molar-refractivity contribution in [3.8, 4) is 17.2 Å². The Kier molecular flexibility index (Phi) is 5.30. The van der Waals surface area contributed by atoms with E-state index in [1.807, 2.05) is 36.4 Å². The lowest BCUT2D eigenvalue weighted by Gasteiger charge is -2.21. The van der Waals surface area contributed by atoms with Crippen LogP contribution in [0.3, 0.4) is 0 Å². The zero-order chi connectivity index (χ0) is 15.4. The molecule has 112 valence electrons. The SMILES string of the molecule is COc1cc(OC)c(C(N)c2ccccc2I)c(OC)c1. The third-order valence-corrected chi connectivity index (χ3v) is 4.29. The van der Waals surface area contributed by atoms with Gasteiger partial charge in [-0.1, -0.05) is 18.2 Å². The van der Waals surface area contributed by atoms with Gasteiger partial charge in [0.15, 0.2) is 0 Å². The van der Waals surface area contributed by atoms with E-state index in [1.165, 1.54) is 0 Å². The molecule has 0 saturated heterocycles. The number of hydrogen-bond donors (Lipinski definition) is 1. The number of rotatable bonds is 5. The summed E-state index contributed by atoms with van der Waals surface area (Å²) in [4.78, 5) is 0. The Morgan fingerprint density at radius 1 is 0.952 bits per heavy atom. The maximum absolute atomic E-state index is 6.46. The second-order valence-electron chi connectivity index (χ2n) is 4.44. The minimum absolute atomic E-state index is 0.339. The van der Waals surface area contributed by atoms with Crippen LogP contribution >= 0.6 is 22.6 Å². The van der Waals surface area contributed by atoms with E-state index in [-0.39, 0.29) is 6.04 Å². The molecule has 0 aliphatic heterocycles. The summed E-state index contributed by atoms with van der Waals surface area (Å²) < 4.78 is 17.3. The fraction of sp³-hybridized carbons (Fsp3) is 0.250. The monoisotopic (exact) mass is 399 g/mol. The van der Waals surface area contributed by atoms with Crippen LogP contribution in [-0.2, 0) is 0 Å². The van der Waals surface area contributed by atoms with Crippen molar-refractivity contribution in [2.45, 2.75) is 6.04 Å². The highest BCUT2D eigenvalue weighted by molar-refractivity contribution is 14.1. The van der Waals surface area contributed by atoms with Gasteiger partial charge in [-0.3, -0.25) is 0 Å². The number of methoxy groups -OCH3 is 3. The van der Waals surface area contributed by atoms with Crippen LogP contribution in [0.5, 0.6) is 17.2 Å². The van der Waals surface area contributed by atoms with Crippen LogP contribution in [0.4, 0.5) is 0 Å². The van der Waals surface area contributed by atoms with E-state index in [0.717, 1.165) is 14.7 Å². The van der Waals surface area contributed by atoms with Crippen LogP contribution in [0, 0.1) is 3.57 Å². The van der Waals surface area contributed by atoms with Crippen molar-refractivity contribution in [1.82, 2.24) is 0 Å². The first-order valence-corrected chi connectivity index (χ1v) is 7.50. The smallest absolute Gasteiger partial charge is 0.131 e. The van der Waals surface area contributed by atoms with Gasteiger partial charge in [-0.25, -0.2) is 0 Å². The Hall–Kier alpha value is -1.47. The van der Waals surface area contributed by atoms with Crippen molar-refractivity contribution >= 4 is 22.6 Å². The van der Waals surface area contributed by atoms with E-state index in [1.54, 1.807) is 21.3 Å². The van der Waals surface area contributed by atoms with Gasteiger partial charge in [0.25, 0.3) is 0 Å². The van der Waals surface area contributed by atoms with Crippen LogP contribution in [0.25, 0.3) is 0 Å². The Bertz CT molecular complexity index is 606. The molecule has 0 saturated carbocycles. The minimum Gasteiger partial charge on any atom is -0.496 e. The zero-order valence-electron chi connectivity index (χ0n) is 12.2. The minimum atomic E-state index is -0.339. The lowest BCUT2D eigenvalue weighted by atomic mass is 9.97. The van der Waals surface area contributed by atoms with E-state index in [4.69, 9.17) is 19.9 Å². The highest BCUT2D eigenvalue weighted by Gasteiger charge is 2.22. The summed E-state index contributed by atoms with van der Waals surface area (Å²) in [6, 6.07) is 11.3. The van der Waals surface area contributed by atoms with Crippen LogP contribution in [-0.4, -0.2) is 21.3 Å². The predicted molar refractivity (Wildman–Crippen MR) is 91.3 cm³/mol. The van der Waals surface area contributed by atoms with Crippen LogP contribution < -0.4 is 19.9 Å². The molecule has 0 aliphatic carbocycles. The molecule has 0 spiro atoms. The van der Waals surface area contributed by atoms with Crippen LogP contribution in [0.15, 0.2) is 36.4 Å². The summed E-state index contributed by atoms with van der Waals surface area (Å²) in [5.74, 6) is 1.97. The maximum atomic E-state index is 6.46. The van der Waals surface area contributed by atoms with Gasteiger partial charge in [-0.05, 0) is 34.2 Å². The molecule has 0 radical (unpaired) electrons. The molecule has 0 aromatic heterocycles. The Labute approximate surface area is 138 Å². The van der Waals surface area contributed by atoms with Gasteiger partial charge in [0.2, 0.25) is 0 Å². The first-order chi connectivity index (χ1) is 10.1. The molecular formula is C16H18INO3. The standard InChI is InChI=1S/C16H18INO3/c1-19-10-8-13(20-2)15(14(9-10)21-3)16(18)11-6-4-5-7-12(11)17/h4-9,16H,18H2,1-3H3. The van der Waals surface area contributed by atoms with Gasteiger partial charge in [0.1, 0.15) is 17.2 Å². The first-order valence-electron chi connectivity index (χ1n) is 6.42. The summed E-state index contributed by atoms with van der Waals surface area (Å²) in [5, 5.41) is 0. The van der Waals surface area contributed by atoms with E-state index in [9.17, 15) is 0 Å². The Morgan fingerprint density at radius 3 is 2.00 bits per heavy atom. The topological polar surface area (TPSA) is 53.7 Å². The third-order valence-electron chi connectivity index (χ3n) is 3.30. The molecule has 21 heavy (non-hydrogen) atoms. The lowest BCUT2D eigenvalue weighted by molar-refractivity contribution is 0.366. The fourth-order valence-corrected chi connectivity index (χ4v) is 2.94.